The zero-order chi connectivity index (χ0) is 14.7. The van der Waals surface area contributed by atoms with Crippen LogP contribution in [0.3, 0.4) is 0 Å². The highest BCUT2D eigenvalue weighted by atomic mass is 16.1. The third-order valence-electron chi connectivity index (χ3n) is 4.63. The summed E-state index contributed by atoms with van der Waals surface area (Å²) in [7, 11) is 0. The number of nitrogens with one attached hydrogen (secondary N) is 2. The van der Waals surface area contributed by atoms with Crippen molar-refractivity contribution < 1.29 is 4.79 Å². The van der Waals surface area contributed by atoms with Gasteiger partial charge in [-0.3, -0.25) is 9.69 Å². The van der Waals surface area contributed by atoms with Crippen LogP contribution in [-0.2, 0) is 6.42 Å². The maximum Gasteiger partial charge on any atom is 0.251 e. The molecule has 1 atom stereocenters. The molecule has 1 fully saturated rings. The number of anilines is 1. The van der Waals surface area contributed by atoms with Crippen LogP contribution in [0.2, 0.25) is 0 Å². The first kappa shape index (κ1) is 14.4. The summed E-state index contributed by atoms with van der Waals surface area (Å²) < 4.78 is 0. The first-order chi connectivity index (χ1) is 10.2. The predicted octanol–water partition coefficient (Wildman–Crippen LogP) is 2.26. The number of carbonyl (C=O) groups is 1. The number of hydrogen-bond acceptors (Lipinski definition) is 3. The number of hydrogen-bond donors (Lipinski definition) is 2. The van der Waals surface area contributed by atoms with Crippen molar-refractivity contribution in [2.45, 2.75) is 38.6 Å². The molecule has 1 amide bonds. The molecule has 2 aliphatic rings. The number of rotatable bonds is 4. The first-order valence-corrected chi connectivity index (χ1v) is 8.13. The largest absolute Gasteiger partial charge is 0.385 e. The smallest absolute Gasteiger partial charge is 0.251 e. The molecule has 114 valence electrons. The summed E-state index contributed by atoms with van der Waals surface area (Å²) >= 11 is 0. The Hall–Kier alpha value is -1.55. The molecule has 1 saturated heterocycles. The second-order valence-electron chi connectivity index (χ2n) is 6.20. The average molecular weight is 287 g/mol. The van der Waals surface area contributed by atoms with Crippen LogP contribution in [0.5, 0.6) is 0 Å². The van der Waals surface area contributed by atoms with E-state index in [9.17, 15) is 4.79 Å². The highest BCUT2D eigenvalue weighted by Gasteiger charge is 2.19. The Balaban J connectivity index is 1.57. The Morgan fingerprint density at radius 3 is 2.95 bits per heavy atom. The van der Waals surface area contributed by atoms with Crippen LogP contribution in [-0.4, -0.2) is 43.0 Å². The first-order valence-electron chi connectivity index (χ1n) is 8.13. The number of benzene rings is 1. The third kappa shape index (κ3) is 3.38. The Bertz CT molecular complexity index is 509. The van der Waals surface area contributed by atoms with E-state index in [1.807, 2.05) is 18.2 Å². The van der Waals surface area contributed by atoms with Crippen LogP contribution >= 0.6 is 0 Å². The van der Waals surface area contributed by atoms with E-state index in [2.05, 4.69) is 22.5 Å². The molecule has 2 aliphatic heterocycles. The maximum absolute atomic E-state index is 12.3. The summed E-state index contributed by atoms with van der Waals surface area (Å²) in [5, 5.41) is 6.46. The zero-order valence-corrected chi connectivity index (χ0v) is 12.8. The van der Waals surface area contributed by atoms with E-state index in [0.29, 0.717) is 6.04 Å². The highest BCUT2D eigenvalue weighted by Crippen LogP contribution is 2.22. The molecule has 0 radical (unpaired) electrons. The zero-order valence-electron chi connectivity index (χ0n) is 12.8. The normalized spacial score (nSPS) is 19.7. The van der Waals surface area contributed by atoms with Gasteiger partial charge >= 0.3 is 0 Å². The van der Waals surface area contributed by atoms with Gasteiger partial charge in [-0.15, -0.1) is 0 Å². The van der Waals surface area contributed by atoms with Gasteiger partial charge in [0.15, 0.2) is 0 Å². The average Bonchev–Trinajstić information content (AvgIpc) is 3.06. The molecule has 0 spiro atoms. The molecular weight excluding hydrogens is 262 g/mol. The minimum atomic E-state index is 0.0504. The van der Waals surface area contributed by atoms with Crippen molar-refractivity contribution in [3.8, 4) is 0 Å². The van der Waals surface area contributed by atoms with Crippen LogP contribution in [0.25, 0.3) is 0 Å². The van der Waals surface area contributed by atoms with Crippen molar-refractivity contribution in [1.82, 2.24) is 10.2 Å². The molecule has 0 bridgehead atoms. The monoisotopic (exact) mass is 287 g/mol. The molecule has 1 unspecified atom stereocenters. The Morgan fingerprint density at radius 2 is 2.14 bits per heavy atom. The van der Waals surface area contributed by atoms with Crippen molar-refractivity contribution in [3.63, 3.8) is 0 Å². The molecule has 4 heteroatoms. The van der Waals surface area contributed by atoms with Crippen LogP contribution < -0.4 is 10.6 Å². The van der Waals surface area contributed by atoms with Gasteiger partial charge < -0.3 is 10.6 Å². The molecule has 21 heavy (non-hydrogen) atoms. The number of carbonyl (C=O) groups excluding carboxylic acids is 1. The fourth-order valence-electron chi connectivity index (χ4n) is 3.27. The Morgan fingerprint density at radius 1 is 1.33 bits per heavy atom. The number of likely N-dealkylation sites (tertiary alicyclic amines) is 1. The molecule has 2 heterocycles. The van der Waals surface area contributed by atoms with Gasteiger partial charge in [-0.05, 0) is 69.5 Å². The standard InChI is InChI=1S/C17H25N3O/c1-13(20-9-2-3-10-20)12-19-17(21)15-6-7-16-14(11-15)5-4-8-18-16/h6-7,11,13,18H,2-5,8-10,12H2,1H3,(H,19,21). The Kier molecular flexibility index (Phi) is 4.44. The molecule has 4 nitrogen and oxygen atoms in total. The minimum absolute atomic E-state index is 0.0504. The van der Waals surface area contributed by atoms with Crippen molar-refractivity contribution in [1.29, 1.82) is 0 Å². The molecule has 2 N–H and O–H groups in total. The van der Waals surface area contributed by atoms with E-state index in [-0.39, 0.29) is 5.91 Å². The van der Waals surface area contributed by atoms with Gasteiger partial charge in [0.1, 0.15) is 0 Å². The lowest BCUT2D eigenvalue weighted by molar-refractivity contribution is 0.0940. The van der Waals surface area contributed by atoms with E-state index in [1.165, 1.54) is 37.2 Å². The maximum atomic E-state index is 12.3. The van der Waals surface area contributed by atoms with Crippen LogP contribution in [0, 0.1) is 0 Å². The third-order valence-corrected chi connectivity index (χ3v) is 4.63. The lowest BCUT2D eigenvalue weighted by atomic mass is 10.0. The molecule has 0 saturated carbocycles. The van der Waals surface area contributed by atoms with Crippen LogP contribution in [0.4, 0.5) is 5.69 Å². The van der Waals surface area contributed by atoms with Crippen molar-refractivity contribution in [2.75, 3.05) is 31.5 Å². The van der Waals surface area contributed by atoms with Gasteiger partial charge in [-0.1, -0.05) is 0 Å². The summed E-state index contributed by atoms with van der Waals surface area (Å²) in [5.41, 5.74) is 3.23. The predicted molar refractivity (Wildman–Crippen MR) is 85.9 cm³/mol. The molecule has 1 aromatic carbocycles. The van der Waals surface area contributed by atoms with Crippen molar-refractivity contribution >= 4 is 11.6 Å². The lowest BCUT2D eigenvalue weighted by Crippen LogP contribution is -2.40. The number of amides is 1. The van der Waals surface area contributed by atoms with Gasteiger partial charge in [0.25, 0.3) is 5.91 Å². The van der Waals surface area contributed by atoms with E-state index >= 15 is 0 Å². The summed E-state index contributed by atoms with van der Waals surface area (Å²) in [6.07, 6.45) is 4.78. The molecular formula is C17H25N3O. The second kappa shape index (κ2) is 6.48. The van der Waals surface area contributed by atoms with Crippen molar-refractivity contribution in [3.05, 3.63) is 29.3 Å². The summed E-state index contributed by atoms with van der Waals surface area (Å²) in [5.74, 6) is 0.0504. The van der Waals surface area contributed by atoms with Gasteiger partial charge in [0.2, 0.25) is 0 Å². The molecule has 0 aromatic heterocycles. The summed E-state index contributed by atoms with van der Waals surface area (Å²) in [6.45, 7) is 6.30. The van der Waals surface area contributed by atoms with E-state index in [0.717, 1.165) is 31.5 Å². The molecule has 0 aliphatic carbocycles. The Labute approximate surface area is 126 Å². The summed E-state index contributed by atoms with van der Waals surface area (Å²) in [4.78, 5) is 14.8. The highest BCUT2D eigenvalue weighted by molar-refractivity contribution is 5.95. The lowest BCUT2D eigenvalue weighted by Gasteiger charge is -2.24. The fraction of sp³-hybridized carbons (Fsp3) is 0.588. The quantitative estimate of drug-likeness (QED) is 0.893. The van der Waals surface area contributed by atoms with Gasteiger partial charge in [-0.2, -0.15) is 0 Å². The number of aryl methyl sites for hydroxylation is 1. The van der Waals surface area contributed by atoms with Gasteiger partial charge in [0.05, 0.1) is 0 Å². The van der Waals surface area contributed by atoms with Crippen molar-refractivity contribution in [2.24, 2.45) is 0 Å². The summed E-state index contributed by atoms with van der Waals surface area (Å²) in [6, 6.07) is 6.42. The van der Waals surface area contributed by atoms with Gasteiger partial charge in [-0.25, -0.2) is 0 Å². The topological polar surface area (TPSA) is 44.4 Å². The molecule has 3 rings (SSSR count). The SMILES string of the molecule is CC(CNC(=O)c1ccc2c(c1)CCCN2)N1CCCC1. The second-order valence-corrected chi connectivity index (χ2v) is 6.20. The number of nitrogens with zero attached hydrogens (tertiary/aromatic N) is 1. The van der Waals surface area contributed by atoms with E-state index in [1.54, 1.807) is 0 Å². The molecule has 1 aromatic rings. The van der Waals surface area contributed by atoms with Gasteiger partial charge in [0, 0.05) is 30.4 Å². The van der Waals surface area contributed by atoms with E-state index < -0.39 is 0 Å². The van der Waals surface area contributed by atoms with E-state index in [4.69, 9.17) is 0 Å². The van der Waals surface area contributed by atoms with Crippen LogP contribution in [0.1, 0.15) is 42.1 Å². The number of fused-ring (bicyclic) bond motifs is 1. The van der Waals surface area contributed by atoms with Crippen LogP contribution in [0.15, 0.2) is 18.2 Å². The minimum Gasteiger partial charge on any atom is -0.385 e. The fourth-order valence-corrected chi connectivity index (χ4v) is 3.27.